The summed E-state index contributed by atoms with van der Waals surface area (Å²) in [6, 6.07) is 11.8. The number of methoxy groups -OCH3 is 2. The van der Waals surface area contributed by atoms with E-state index in [-0.39, 0.29) is 24.0 Å². The van der Waals surface area contributed by atoms with Crippen LogP contribution in [0.2, 0.25) is 0 Å². The molecule has 0 heterocycles. The van der Waals surface area contributed by atoms with Gasteiger partial charge in [-0.1, -0.05) is 6.07 Å². The van der Waals surface area contributed by atoms with Crippen LogP contribution in [-0.2, 0) is 6.54 Å². The number of guanidine groups is 1. The SMILES string of the molecule is COc1ccc(NC(N)=NCc2ccc(OC)c(OC(F)F)c2)cc1. The Morgan fingerprint density at radius 1 is 1.08 bits per heavy atom. The number of rotatable bonds is 7. The molecule has 0 aliphatic carbocycles. The Bertz CT molecular complexity index is 722. The van der Waals surface area contributed by atoms with Crippen LogP contribution in [0, 0.1) is 0 Å². The van der Waals surface area contributed by atoms with E-state index < -0.39 is 6.61 Å². The number of nitrogens with two attached hydrogens (primary N) is 1. The number of nitrogens with zero attached hydrogens (tertiary/aromatic N) is 1. The van der Waals surface area contributed by atoms with Crippen molar-refractivity contribution >= 4 is 11.6 Å². The summed E-state index contributed by atoms with van der Waals surface area (Å²) in [6.45, 7) is -2.74. The molecule has 0 saturated heterocycles. The van der Waals surface area contributed by atoms with Crippen LogP contribution in [0.3, 0.4) is 0 Å². The molecule has 8 heteroatoms. The maximum atomic E-state index is 12.4. The summed E-state index contributed by atoms with van der Waals surface area (Å²) < 4.78 is 39.4. The minimum absolute atomic E-state index is 0.0492. The van der Waals surface area contributed by atoms with E-state index in [0.717, 1.165) is 11.4 Å². The summed E-state index contributed by atoms with van der Waals surface area (Å²) in [5.41, 5.74) is 7.23. The minimum atomic E-state index is -2.94. The van der Waals surface area contributed by atoms with Gasteiger partial charge in [-0.25, -0.2) is 4.99 Å². The van der Waals surface area contributed by atoms with Gasteiger partial charge in [-0.15, -0.1) is 0 Å². The number of aliphatic imine (C=N–C) groups is 1. The molecule has 0 spiro atoms. The molecule has 2 aromatic rings. The van der Waals surface area contributed by atoms with Crippen molar-refractivity contribution in [3.8, 4) is 17.2 Å². The maximum absolute atomic E-state index is 12.4. The van der Waals surface area contributed by atoms with Crippen molar-refractivity contribution in [2.75, 3.05) is 19.5 Å². The first kappa shape index (κ1) is 18.3. The van der Waals surface area contributed by atoms with Crippen molar-refractivity contribution in [1.29, 1.82) is 0 Å². The lowest BCUT2D eigenvalue weighted by molar-refractivity contribution is -0.0512. The molecule has 0 bridgehead atoms. The Kier molecular flexibility index (Phi) is 6.39. The van der Waals surface area contributed by atoms with Crippen molar-refractivity contribution in [3.05, 3.63) is 48.0 Å². The van der Waals surface area contributed by atoms with Gasteiger partial charge in [-0.2, -0.15) is 8.78 Å². The largest absolute Gasteiger partial charge is 0.497 e. The Labute approximate surface area is 144 Å². The fourth-order valence-electron chi connectivity index (χ4n) is 2.05. The van der Waals surface area contributed by atoms with E-state index in [2.05, 4.69) is 15.0 Å². The molecule has 25 heavy (non-hydrogen) atoms. The van der Waals surface area contributed by atoms with E-state index in [9.17, 15) is 8.78 Å². The van der Waals surface area contributed by atoms with Crippen LogP contribution in [0.4, 0.5) is 14.5 Å². The lowest BCUT2D eigenvalue weighted by Crippen LogP contribution is -2.22. The third-order valence-corrected chi connectivity index (χ3v) is 3.24. The first-order valence-electron chi connectivity index (χ1n) is 7.34. The maximum Gasteiger partial charge on any atom is 0.387 e. The van der Waals surface area contributed by atoms with Crippen LogP contribution < -0.4 is 25.3 Å². The molecule has 6 nitrogen and oxygen atoms in total. The van der Waals surface area contributed by atoms with Crippen LogP contribution in [0.1, 0.15) is 5.56 Å². The van der Waals surface area contributed by atoms with Gasteiger partial charge in [0.2, 0.25) is 0 Å². The molecule has 0 saturated carbocycles. The average Bonchev–Trinajstić information content (AvgIpc) is 2.60. The van der Waals surface area contributed by atoms with Gasteiger partial charge in [0.05, 0.1) is 20.8 Å². The standard InChI is InChI=1S/C17H19F2N3O3/c1-23-13-6-4-12(5-7-13)22-17(20)21-10-11-3-8-14(24-2)15(9-11)25-16(18)19/h3-9,16H,10H2,1-2H3,(H3,20,21,22). The third-order valence-electron chi connectivity index (χ3n) is 3.24. The lowest BCUT2D eigenvalue weighted by Gasteiger charge is -2.11. The molecule has 0 amide bonds. The fourth-order valence-corrected chi connectivity index (χ4v) is 2.05. The van der Waals surface area contributed by atoms with Gasteiger partial charge in [0.15, 0.2) is 17.5 Å². The first-order valence-corrected chi connectivity index (χ1v) is 7.34. The zero-order chi connectivity index (χ0) is 18.2. The highest BCUT2D eigenvalue weighted by Gasteiger charge is 2.11. The van der Waals surface area contributed by atoms with E-state index in [1.54, 1.807) is 37.4 Å². The highest BCUT2D eigenvalue weighted by molar-refractivity contribution is 5.92. The molecular weight excluding hydrogens is 332 g/mol. The van der Waals surface area contributed by atoms with Crippen LogP contribution in [-0.4, -0.2) is 26.8 Å². The minimum Gasteiger partial charge on any atom is -0.497 e. The van der Waals surface area contributed by atoms with Gasteiger partial charge in [0.1, 0.15) is 5.75 Å². The zero-order valence-corrected chi connectivity index (χ0v) is 13.8. The molecule has 0 aliphatic rings. The molecule has 0 fully saturated rings. The summed E-state index contributed by atoms with van der Waals surface area (Å²) in [5, 5.41) is 2.93. The van der Waals surface area contributed by atoms with Crippen LogP contribution in [0.5, 0.6) is 17.2 Å². The molecule has 3 N–H and O–H groups in total. The highest BCUT2D eigenvalue weighted by Crippen LogP contribution is 2.29. The molecule has 0 aromatic heterocycles. The monoisotopic (exact) mass is 351 g/mol. The summed E-state index contributed by atoms with van der Waals surface area (Å²) in [5.74, 6) is 1.09. The smallest absolute Gasteiger partial charge is 0.387 e. The lowest BCUT2D eigenvalue weighted by atomic mass is 10.2. The highest BCUT2D eigenvalue weighted by atomic mass is 19.3. The second kappa shape index (κ2) is 8.72. The Balaban J connectivity index is 2.03. The van der Waals surface area contributed by atoms with E-state index in [1.165, 1.54) is 19.2 Å². The normalized spacial score (nSPS) is 11.3. The number of ether oxygens (including phenoxy) is 3. The molecule has 2 aromatic carbocycles. The number of nitrogens with one attached hydrogen (secondary N) is 1. The first-order chi connectivity index (χ1) is 12.0. The predicted molar refractivity (Wildman–Crippen MR) is 91.6 cm³/mol. The van der Waals surface area contributed by atoms with E-state index >= 15 is 0 Å². The zero-order valence-electron chi connectivity index (χ0n) is 13.8. The third kappa shape index (κ3) is 5.52. The van der Waals surface area contributed by atoms with Gasteiger partial charge in [0.25, 0.3) is 0 Å². The summed E-state index contributed by atoms with van der Waals surface area (Å²) in [6.07, 6.45) is 0. The van der Waals surface area contributed by atoms with Crippen LogP contribution in [0.25, 0.3) is 0 Å². The fraction of sp³-hybridized carbons (Fsp3) is 0.235. The van der Waals surface area contributed by atoms with Crippen molar-refractivity contribution in [2.24, 2.45) is 10.7 Å². The van der Waals surface area contributed by atoms with Crippen LogP contribution >= 0.6 is 0 Å². The molecule has 0 atom stereocenters. The molecular formula is C17H19F2N3O3. The van der Waals surface area contributed by atoms with Crippen LogP contribution in [0.15, 0.2) is 47.5 Å². The average molecular weight is 351 g/mol. The number of halogens is 2. The topological polar surface area (TPSA) is 78.1 Å². The molecule has 0 radical (unpaired) electrons. The number of hydrogen-bond donors (Lipinski definition) is 2. The van der Waals surface area contributed by atoms with Crippen molar-refractivity contribution in [3.63, 3.8) is 0 Å². The summed E-state index contributed by atoms with van der Waals surface area (Å²) in [7, 11) is 2.96. The van der Waals surface area contributed by atoms with Gasteiger partial charge in [-0.3, -0.25) is 0 Å². The Morgan fingerprint density at radius 2 is 1.80 bits per heavy atom. The van der Waals surface area contributed by atoms with E-state index in [0.29, 0.717) is 5.56 Å². The molecule has 0 aliphatic heterocycles. The summed E-state index contributed by atoms with van der Waals surface area (Å²) in [4.78, 5) is 4.18. The van der Waals surface area contributed by atoms with Crippen molar-refractivity contribution < 1.29 is 23.0 Å². The van der Waals surface area contributed by atoms with Crippen molar-refractivity contribution in [1.82, 2.24) is 0 Å². The van der Waals surface area contributed by atoms with Gasteiger partial charge in [0, 0.05) is 5.69 Å². The van der Waals surface area contributed by atoms with E-state index in [1.807, 2.05) is 0 Å². The Hall–Kier alpha value is -3.03. The number of benzene rings is 2. The Morgan fingerprint density at radius 3 is 2.40 bits per heavy atom. The van der Waals surface area contributed by atoms with Crippen molar-refractivity contribution in [2.45, 2.75) is 13.2 Å². The predicted octanol–water partition coefficient (Wildman–Crippen LogP) is 3.23. The number of hydrogen-bond acceptors (Lipinski definition) is 4. The van der Waals surface area contributed by atoms with E-state index in [4.69, 9.17) is 15.2 Å². The van der Waals surface area contributed by atoms with Gasteiger partial charge < -0.3 is 25.3 Å². The molecule has 134 valence electrons. The molecule has 0 unspecified atom stereocenters. The summed E-state index contributed by atoms with van der Waals surface area (Å²) >= 11 is 0. The second-order valence-electron chi connectivity index (χ2n) is 4.92. The molecule has 2 rings (SSSR count). The second-order valence-corrected chi connectivity index (χ2v) is 4.92. The van der Waals surface area contributed by atoms with Gasteiger partial charge in [-0.05, 0) is 42.0 Å². The quantitative estimate of drug-likeness (QED) is 0.591. The number of anilines is 1. The van der Waals surface area contributed by atoms with Gasteiger partial charge >= 0.3 is 6.61 Å². The number of alkyl halides is 2.